The van der Waals surface area contributed by atoms with Gasteiger partial charge in [-0.15, -0.1) is 0 Å². The van der Waals surface area contributed by atoms with E-state index in [4.69, 9.17) is 28.2 Å². The van der Waals surface area contributed by atoms with Gasteiger partial charge in [0.1, 0.15) is 6.61 Å². The Morgan fingerprint density at radius 1 is 0.962 bits per heavy atom. The predicted molar refractivity (Wildman–Crippen MR) is 98.2 cm³/mol. The quantitative estimate of drug-likeness (QED) is 0.191. The molecule has 0 aromatic heterocycles. The Bertz CT molecular complexity index is 442. The highest BCUT2D eigenvalue weighted by molar-refractivity contribution is 8.00. The molecule has 11 heteroatoms. The second-order valence-corrected chi connectivity index (χ2v) is 7.98. The first kappa shape index (κ1) is 25.6. The Morgan fingerprint density at radius 2 is 1.46 bits per heavy atom. The van der Waals surface area contributed by atoms with Crippen LogP contribution in [0.4, 0.5) is 0 Å². The maximum atomic E-state index is 11.7. The highest BCUT2D eigenvalue weighted by Gasteiger charge is 2.15. The molecular formula is C15H30O9S2. The Kier molecular flexibility index (Phi) is 16.4. The average Bonchev–Trinajstić information content (AvgIpc) is 2.58. The highest BCUT2D eigenvalue weighted by Crippen LogP contribution is 2.10. The van der Waals surface area contributed by atoms with Crippen molar-refractivity contribution in [1.29, 1.82) is 0 Å². The van der Waals surface area contributed by atoms with Crippen LogP contribution in [0.2, 0.25) is 0 Å². The van der Waals surface area contributed by atoms with Gasteiger partial charge in [0.15, 0.2) is 0 Å². The highest BCUT2D eigenvalue weighted by atomic mass is 32.2. The van der Waals surface area contributed by atoms with Gasteiger partial charge in [-0.25, -0.2) is 0 Å². The molecule has 26 heavy (non-hydrogen) atoms. The first-order valence-electron chi connectivity index (χ1n) is 8.28. The lowest BCUT2D eigenvalue weighted by Crippen LogP contribution is -2.20. The van der Waals surface area contributed by atoms with E-state index in [0.717, 1.165) is 0 Å². The van der Waals surface area contributed by atoms with Crippen molar-refractivity contribution in [2.45, 2.75) is 6.92 Å². The molecule has 9 nitrogen and oxygen atoms in total. The minimum absolute atomic E-state index is 0.152. The molecule has 0 aliphatic carbocycles. The number of carbonyl (C=O) groups is 1. The molecule has 0 rings (SSSR count). The van der Waals surface area contributed by atoms with Crippen molar-refractivity contribution in [1.82, 2.24) is 0 Å². The summed E-state index contributed by atoms with van der Waals surface area (Å²) >= 11 is 1.27. The molecule has 0 saturated heterocycles. The van der Waals surface area contributed by atoms with Crippen molar-refractivity contribution in [3.05, 3.63) is 0 Å². The second-order valence-electron chi connectivity index (χ2n) is 5.26. The Balaban J connectivity index is 3.39. The lowest BCUT2D eigenvalue weighted by molar-refractivity contribution is -0.148. The van der Waals surface area contributed by atoms with Crippen LogP contribution in [0.5, 0.6) is 0 Å². The summed E-state index contributed by atoms with van der Waals surface area (Å²) in [7, 11) is -2.34. The number of rotatable bonds is 18. The zero-order valence-electron chi connectivity index (χ0n) is 15.4. The SMILES string of the molecule is COCCOCCOCCOCCOC(=O)C(C)CSCCS(=O)(=O)O. The summed E-state index contributed by atoms with van der Waals surface area (Å²) in [6.07, 6.45) is 0. The van der Waals surface area contributed by atoms with Crippen molar-refractivity contribution in [2.24, 2.45) is 5.92 Å². The topological polar surface area (TPSA) is 118 Å². The molecule has 0 saturated carbocycles. The molecular weight excluding hydrogens is 388 g/mol. The van der Waals surface area contributed by atoms with E-state index in [2.05, 4.69) is 0 Å². The van der Waals surface area contributed by atoms with Crippen LogP contribution in [-0.4, -0.2) is 96.2 Å². The Morgan fingerprint density at radius 3 is 1.96 bits per heavy atom. The molecule has 0 bridgehead atoms. The zero-order chi connectivity index (χ0) is 19.7. The van der Waals surface area contributed by atoms with E-state index in [0.29, 0.717) is 45.4 Å². The molecule has 0 radical (unpaired) electrons. The normalized spacial score (nSPS) is 12.9. The van der Waals surface area contributed by atoms with Crippen LogP contribution in [0.15, 0.2) is 0 Å². The summed E-state index contributed by atoms with van der Waals surface area (Å²) in [5, 5.41) is 0. The Labute approximate surface area is 159 Å². The van der Waals surface area contributed by atoms with E-state index in [1.165, 1.54) is 11.8 Å². The lowest BCUT2D eigenvalue weighted by Gasteiger charge is -2.11. The summed E-state index contributed by atoms with van der Waals surface area (Å²) < 4.78 is 55.4. The van der Waals surface area contributed by atoms with Crippen molar-refractivity contribution in [3.63, 3.8) is 0 Å². The molecule has 1 N–H and O–H groups in total. The number of methoxy groups -OCH3 is 1. The van der Waals surface area contributed by atoms with E-state index in [1.807, 2.05) is 0 Å². The van der Waals surface area contributed by atoms with Gasteiger partial charge in [0.25, 0.3) is 10.1 Å². The third kappa shape index (κ3) is 18.4. The predicted octanol–water partition coefficient (Wildman–Crippen LogP) is 0.483. The molecule has 0 aliphatic rings. The third-order valence-electron chi connectivity index (χ3n) is 2.90. The van der Waals surface area contributed by atoms with Gasteiger partial charge in [0, 0.05) is 18.6 Å². The molecule has 0 heterocycles. The molecule has 0 aliphatic heterocycles. The fourth-order valence-electron chi connectivity index (χ4n) is 1.52. The number of hydrogen-bond donors (Lipinski definition) is 1. The molecule has 156 valence electrons. The first-order valence-corrected chi connectivity index (χ1v) is 11.0. The van der Waals surface area contributed by atoms with Gasteiger partial charge >= 0.3 is 5.97 Å². The Hall–Kier alpha value is -0.430. The number of carbonyl (C=O) groups excluding carboxylic acids is 1. The van der Waals surface area contributed by atoms with Crippen LogP contribution in [0.25, 0.3) is 0 Å². The number of thioether (sulfide) groups is 1. The van der Waals surface area contributed by atoms with Crippen LogP contribution in [0, 0.1) is 5.92 Å². The summed E-state index contributed by atoms with van der Waals surface area (Å²) in [5.74, 6) is -0.388. The molecule has 1 atom stereocenters. The molecule has 0 aromatic carbocycles. The average molecular weight is 419 g/mol. The van der Waals surface area contributed by atoms with Gasteiger partial charge in [-0.1, -0.05) is 6.92 Å². The molecule has 0 fully saturated rings. The van der Waals surface area contributed by atoms with E-state index in [9.17, 15) is 13.2 Å². The second kappa shape index (κ2) is 16.7. The smallest absolute Gasteiger partial charge is 0.309 e. The summed E-state index contributed by atoms with van der Waals surface area (Å²) in [6, 6.07) is 0. The number of hydrogen-bond acceptors (Lipinski definition) is 9. The van der Waals surface area contributed by atoms with Gasteiger partial charge in [-0.3, -0.25) is 9.35 Å². The molecule has 0 spiro atoms. The van der Waals surface area contributed by atoms with Crippen molar-refractivity contribution in [2.75, 3.05) is 77.2 Å². The number of esters is 1. The molecule has 0 aromatic rings. The lowest BCUT2D eigenvalue weighted by atomic mass is 10.2. The van der Waals surface area contributed by atoms with Gasteiger partial charge in [-0.05, 0) is 0 Å². The van der Waals surface area contributed by atoms with Crippen LogP contribution in [0.1, 0.15) is 6.92 Å². The van der Waals surface area contributed by atoms with E-state index < -0.39 is 10.1 Å². The number of ether oxygens (including phenoxy) is 5. The van der Waals surface area contributed by atoms with E-state index in [-0.39, 0.29) is 36.6 Å². The maximum absolute atomic E-state index is 11.7. The first-order chi connectivity index (χ1) is 12.4. The summed E-state index contributed by atoms with van der Waals surface area (Å²) in [5.41, 5.74) is 0. The van der Waals surface area contributed by atoms with Crippen LogP contribution in [0.3, 0.4) is 0 Å². The van der Waals surface area contributed by atoms with Crippen molar-refractivity contribution >= 4 is 27.8 Å². The summed E-state index contributed by atoms with van der Waals surface area (Å²) in [6.45, 7) is 5.05. The molecule has 0 amide bonds. The van der Waals surface area contributed by atoms with Gasteiger partial charge in [0.05, 0.1) is 57.9 Å². The van der Waals surface area contributed by atoms with Crippen LogP contribution in [-0.2, 0) is 38.6 Å². The van der Waals surface area contributed by atoms with Gasteiger partial charge in [0.2, 0.25) is 0 Å². The van der Waals surface area contributed by atoms with Gasteiger partial charge in [-0.2, -0.15) is 20.2 Å². The standard InChI is InChI=1S/C15H30O9S2/c1-14(13-25-11-12-26(17,18)19)15(16)24-10-9-23-8-7-22-6-5-21-4-3-20-2/h14H,3-13H2,1-2H3,(H,17,18,19). The van der Waals surface area contributed by atoms with E-state index in [1.54, 1.807) is 14.0 Å². The van der Waals surface area contributed by atoms with Crippen molar-refractivity contribution in [3.8, 4) is 0 Å². The van der Waals surface area contributed by atoms with Crippen molar-refractivity contribution < 1.29 is 41.4 Å². The van der Waals surface area contributed by atoms with Crippen LogP contribution >= 0.6 is 11.8 Å². The largest absolute Gasteiger partial charge is 0.463 e. The maximum Gasteiger partial charge on any atom is 0.309 e. The van der Waals surface area contributed by atoms with Gasteiger partial charge < -0.3 is 23.7 Å². The minimum atomic E-state index is -3.95. The third-order valence-corrected chi connectivity index (χ3v) is 5.11. The monoisotopic (exact) mass is 418 g/mol. The fourth-order valence-corrected chi connectivity index (χ4v) is 3.49. The molecule has 1 unspecified atom stereocenters. The van der Waals surface area contributed by atoms with E-state index >= 15 is 0 Å². The van der Waals surface area contributed by atoms with Crippen LogP contribution < -0.4 is 0 Å². The minimum Gasteiger partial charge on any atom is -0.463 e. The zero-order valence-corrected chi connectivity index (χ0v) is 17.0. The fraction of sp³-hybridized carbons (Fsp3) is 0.933. The summed E-state index contributed by atoms with van der Waals surface area (Å²) in [4.78, 5) is 11.7.